The molecule has 1 heterocycles. The number of benzene rings is 1. The van der Waals surface area contributed by atoms with Crippen molar-refractivity contribution >= 4 is 19.9 Å². The van der Waals surface area contributed by atoms with Crippen molar-refractivity contribution in [3.05, 3.63) is 23.8 Å². The van der Waals surface area contributed by atoms with Crippen molar-refractivity contribution in [2.45, 2.75) is 30.9 Å². The highest BCUT2D eigenvalue weighted by Crippen LogP contribution is 2.28. The molecule has 0 bridgehead atoms. The third-order valence-corrected chi connectivity index (χ3v) is 8.16. The lowest BCUT2D eigenvalue weighted by molar-refractivity contribution is 0.309. The largest absolute Gasteiger partial charge is 0.496 e. The van der Waals surface area contributed by atoms with E-state index in [4.69, 9.17) is 4.74 Å². The third-order valence-electron chi connectivity index (χ3n) is 3.89. The van der Waals surface area contributed by atoms with Gasteiger partial charge >= 0.3 is 0 Å². The highest BCUT2D eigenvalue weighted by molar-refractivity contribution is 7.92. The van der Waals surface area contributed by atoms with Crippen molar-refractivity contribution < 1.29 is 21.6 Å². The highest BCUT2D eigenvalue weighted by atomic mass is 32.2. The van der Waals surface area contributed by atoms with Gasteiger partial charge < -0.3 is 4.74 Å². The van der Waals surface area contributed by atoms with Gasteiger partial charge in [0.05, 0.1) is 23.0 Å². The second-order valence-electron chi connectivity index (χ2n) is 6.30. The van der Waals surface area contributed by atoms with Crippen molar-refractivity contribution in [2.75, 3.05) is 26.0 Å². The number of aryl methyl sites for hydroxylation is 1. The van der Waals surface area contributed by atoms with E-state index in [0.717, 1.165) is 5.56 Å². The summed E-state index contributed by atoms with van der Waals surface area (Å²) >= 11 is 0. The SMILES string of the molecule is COc1ccc(S(=O)(=O)N2CC(S(=O)(=O)CC(C)C)C2)cc1C. The van der Waals surface area contributed by atoms with Crippen molar-refractivity contribution in [3.8, 4) is 5.75 Å². The smallest absolute Gasteiger partial charge is 0.243 e. The average molecular weight is 361 g/mol. The van der Waals surface area contributed by atoms with Gasteiger partial charge in [-0.25, -0.2) is 16.8 Å². The summed E-state index contributed by atoms with van der Waals surface area (Å²) in [5.41, 5.74) is 0.720. The van der Waals surface area contributed by atoms with E-state index in [0.29, 0.717) is 5.75 Å². The third kappa shape index (κ3) is 3.70. The number of hydrogen-bond donors (Lipinski definition) is 0. The lowest BCUT2D eigenvalue weighted by atomic mass is 10.2. The maximum atomic E-state index is 12.6. The normalized spacial score (nSPS) is 17.3. The van der Waals surface area contributed by atoms with Crippen molar-refractivity contribution in [1.29, 1.82) is 0 Å². The van der Waals surface area contributed by atoms with Crippen LogP contribution in [0.15, 0.2) is 23.1 Å². The minimum Gasteiger partial charge on any atom is -0.496 e. The van der Waals surface area contributed by atoms with Gasteiger partial charge in [0.2, 0.25) is 10.0 Å². The molecule has 1 aliphatic rings. The number of nitrogens with zero attached hydrogens (tertiary/aromatic N) is 1. The van der Waals surface area contributed by atoms with E-state index in [1.807, 2.05) is 13.8 Å². The molecule has 0 unspecified atom stereocenters. The molecule has 6 nitrogen and oxygen atoms in total. The summed E-state index contributed by atoms with van der Waals surface area (Å²) < 4.78 is 55.7. The van der Waals surface area contributed by atoms with Crippen LogP contribution in [0.25, 0.3) is 0 Å². The summed E-state index contributed by atoms with van der Waals surface area (Å²) in [6, 6.07) is 4.64. The standard InChI is InChI=1S/C15H23NO5S2/c1-11(2)10-22(17,18)14-8-16(9-14)23(19,20)13-5-6-15(21-4)12(3)7-13/h5-7,11,14H,8-10H2,1-4H3. The second kappa shape index (κ2) is 6.41. The first-order valence-corrected chi connectivity index (χ1v) is 10.6. The molecule has 1 aromatic carbocycles. The highest BCUT2D eigenvalue weighted by Gasteiger charge is 2.43. The molecule has 0 saturated carbocycles. The van der Waals surface area contributed by atoms with Crippen LogP contribution in [0.2, 0.25) is 0 Å². The fraction of sp³-hybridized carbons (Fsp3) is 0.600. The Kier molecular flexibility index (Phi) is 5.08. The molecule has 1 fully saturated rings. The number of rotatable bonds is 6. The second-order valence-corrected chi connectivity index (χ2v) is 10.6. The first kappa shape index (κ1) is 18.2. The lowest BCUT2D eigenvalue weighted by Gasteiger charge is -2.37. The van der Waals surface area contributed by atoms with Crippen LogP contribution in [0.1, 0.15) is 19.4 Å². The van der Waals surface area contributed by atoms with Crippen molar-refractivity contribution in [1.82, 2.24) is 4.31 Å². The van der Waals surface area contributed by atoms with Gasteiger partial charge in [-0.3, -0.25) is 0 Å². The molecular formula is C15H23NO5S2. The maximum absolute atomic E-state index is 12.6. The van der Waals surface area contributed by atoms with Crippen molar-refractivity contribution in [3.63, 3.8) is 0 Å². The van der Waals surface area contributed by atoms with Gasteiger partial charge in [-0.1, -0.05) is 13.8 Å². The Morgan fingerprint density at radius 3 is 2.30 bits per heavy atom. The minimum absolute atomic E-state index is 0.0302. The molecule has 1 saturated heterocycles. The predicted octanol–water partition coefficient (Wildman–Crippen LogP) is 1.45. The molecule has 130 valence electrons. The molecule has 0 amide bonds. The zero-order chi connectivity index (χ0) is 17.4. The molecule has 0 atom stereocenters. The van der Waals surface area contributed by atoms with Crippen LogP contribution in [-0.2, 0) is 19.9 Å². The predicted molar refractivity (Wildman–Crippen MR) is 88.9 cm³/mol. The summed E-state index contributed by atoms with van der Waals surface area (Å²) in [6.07, 6.45) is 0. The molecular weight excluding hydrogens is 338 g/mol. The monoisotopic (exact) mass is 361 g/mol. The number of ether oxygens (including phenoxy) is 1. The molecule has 1 aromatic rings. The molecule has 23 heavy (non-hydrogen) atoms. The van der Waals surface area contributed by atoms with E-state index in [-0.39, 0.29) is 29.7 Å². The Hall–Kier alpha value is -1.12. The van der Waals surface area contributed by atoms with Gasteiger partial charge in [-0.15, -0.1) is 0 Å². The van der Waals surface area contributed by atoms with Gasteiger partial charge in [-0.05, 0) is 36.6 Å². The van der Waals surface area contributed by atoms with Crippen LogP contribution in [0.5, 0.6) is 5.75 Å². The molecule has 2 rings (SSSR count). The molecule has 0 aromatic heterocycles. The summed E-state index contributed by atoms with van der Waals surface area (Å²) in [5.74, 6) is 0.743. The summed E-state index contributed by atoms with van der Waals surface area (Å²) in [4.78, 5) is 0.163. The number of methoxy groups -OCH3 is 1. The summed E-state index contributed by atoms with van der Waals surface area (Å²) in [7, 11) is -5.38. The van der Waals surface area contributed by atoms with Gasteiger partial charge in [0.15, 0.2) is 9.84 Å². The Labute approximate surface area is 138 Å². The number of sulfone groups is 1. The number of sulfonamides is 1. The maximum Gasteiger partial charge on any atom is 0.243 e. The molecule has 8 heteroatoms. The fourth-order valence-electron chi connectivity index (χ4n) is 2.59. The van der Waals surface area contributed by atoms with E-state index in [9.17, 15) is 16.8 Å². The lowest BCUT2D eigenvalue weighted by Crippen LogP contribution is -2.57. The van der Waals surface area contributed by atoms with Crippen LogP contribution in [0.4, 0.5) is 0 Å². The van der Waals surface area contributed by atoms with Crippen LogP contribution in [0, 0.1) is 12.8 Å². The van der Waals surface area contributed by atoms with E-state index < -0.39 is 25.1 Å². The Morgan fingerprint density at radius 2 is 1.83 bits per heavy atom. The molecule has 0 N–H and O–H groups in total. The van der Waals surface area contributed by atoms with Gasteiger partial charge in [0.1, 0.15) is 5.75 Å². The van der Waals surface area contributed by atoms with Crippen LogP contribution >= 0.6 is 0 Å². The van der Waals surface area contributed by atoms with Crippen LogP contribution in [0.3, 0.4) is 0 Å². The number of hydrogen-bond acceptors (Lipinski definition) is 5. The van der Waals surface area contributed by atoms with Gasteiger partial charge in [-0.2, -0.15) is 4.31 Å². The van der Waals surface area contributed by atoms with E-state index in [1.165, 1.54) is 17.5 Å². The minimum atomic E-state index is -3.66. The summed E-state index contributed by atoms with van der Waals surface area (Å²) in [6.45, 7) is 5.50. The Bertz CT molecular complexity index is 778. The molecule has 1 aliphatic heterocycles. The fourth-order valence-corrected chi connectivity index (χ4v) is 6.41. The van der Waals surface area contributed by atoms with E-state index in [2.05, 4.69) is 0 Å². The quantitative estimate of drug-likeness (QED) is 0.766. The Balaban J connectivity index is 2.14. The average Bonchev–Trinajstić information content (AvgIpc) is 2.34. The zero-order valence-electron chi connectivity index (χ0n) is 13.8. The van der Waals surface area contributed by atoms with E-state index in [1.54, 1.807) is 19.1 Å². The van der Waals surface area contributed by atoms with E-state index >= 15 is 0 Å². The van der Waals surface area contributed by atoms with Gasteiger partial charge in [0, 0.05) is 13.1 Å². The topological polar surface area (TPSA) is 80.8 Å². The van der Waals surface area contributed by atoms with Crippen LogP contribution in [-0.4, -0.2) is 52.3 Å². The first-order chi connectivity index (χ1) is 10.6. The van der Waals surface area contributed by atoms with Gasteiger partial charge in [0.25, 0.3) is 0 Å². The first-order valence-electron chi connectivity index (χ1n) is 7.44. The zero-order valence-corrected chi connectivity index (χ0v) is 15.4. The molecule has 0 aliphatic carbocycles. The molecule has 0 radical (unpaired) electrons. The summed E-state index contributed by atoms with van der Waals surface area (Å²) in [5, 5.41) is -0.598. The Morgan fingerprint density at radius 1 is 1.22 bits per heavy atom. The molecule has 0 spiro atoms. The van der Waals surface area contributed by atoms with Crippen LogP contribution < -0.4 is 4.74 Å². The van der Waals surface area contributed by atoms with Crippen molar-refractivity contribution in [2.24, 2.45) is 5.92 Å².